The standard InChI is InChI=1S/C14H13FN2O2/c15-13-12(7-4-8-16-13)14(18)17-9-10-19-11-5-2-1-3-6-11/h1-8H,9-10H2,(H,17,18). The number of amides is 1. The summed E-state index contributed by atoms with van der Waals surface area (Å²) in [6.07, 6.45) is 1.30. The van der Waals surface area contributed by atoms with Crippen LogP contribution in [0.3, 0.4) is 0 Å². The summed E-state index contributed by atoms with van der Waals surface area (Å²) in [7, 11) is 0. The van der Waals surface area contributed by atoms with E-state index in [-0.39, 0.29) is 5.56 Å². The second-order valence-electron chi connectivity index (χ2n) is 3.76. The third kappa shape index (κ3) is 3.77. The normalized spacial score (nSPS) is 9.95. The van der Waals surface area contributed by atoms with Gasteiger partial charge in [-0.2, -0.15) is 4.39 Å². The SMILES string of the molecule is O=C(NCCOc1ccccc1)c1cccnc1F. The highest BCUT2D eigenvalue weighted by Crippen LogP contribution is 2.07. The highest BCUT2D eigenvalue weighted by Gasteiger charge is 2.10. The van der Waals surface area contributed by atoms with E-state index in [0.717, 1.165) is 5.75 Å². The Hall–Kier alpha value is -2.43. The van der Waals surface area contributed by atoms with Crippen molar-refractivity contribution in [1.29, 1.82) is 0 Å². The summed E-state index contributed by atoms with van der Waals surface area (Å²) >= 11 is 0. The van der Waals surface area contributed by atoms with Crippen LogP contribution < -0.4 is 10.1 Å². The molecule has 2 rings (SSSR count). The number of hydrogen-bond donors (Lipinski definition) is 1. The molecule has 0 spiro atoms. The fraction of sp³-hybridized carbons (Fsp3) is 0.143. The van der Waals surface area contributed by atoms with Gasteiger partial charge in [0.2, 0.25) is 5.95 Å². The van der Waals surface area contributed by atoms with Crippen molar-refractivity contribution < 1.29 is 13.9 Å². The fourth-order valence-corrected chi connectivity index (χ4v) is 1.50. The first-order valence-corrected chi connectivity index (χ1v) is 5.84. The molecule has 1 N–H and O–H groups in total. The smallest absolute Gasteiger partial charge is 0.256 e. The maximum absolute atomic E-state index is 13.2. The number of nitrogens with zero attached hydrogens (tertiary/aromatic N) is 1. The molecule has 0 fully saturated rings. The zero-order valence-corrected chi connectivity index (χ0v) is 10.2. The molecule has 0 unspecified atom stereocenters. The Balaban J connectivity index is 1.77. The number of para-hydroxylation sites is 1. The molecule has 0 atom stereocenters. The molecule has 0 radical (unpaired) electrons. The average Bonchev–Trinajstić information content (AvgIpc) is 2.45. The van der Waals surface area contributed by atoms with Crippen LogP contribution in [0.1, 0.15) is 10.4 Å². The quantitative estimate of drug-likeness (QED) is 0.661. The Morgan fingerprint density at radius 2 is 2.00 bits per heavy atom. The van der Waals surface area contributed by atoms with E-state index in [4.69, 9.17) is 4.74 Å². The number of nitrogens with one attached hydrogen (secondary N) is 1. The van der Waals surface area contributed by atoms with Crippen LogP contribution in [-0.2, 0) is 0 Å². The Bertz CT molecular complexity index is 546. The van der Waals surface area contributed by atoms with E-state index >= 15 is 0 Å². The first-order chi connectivity index (χ1) is 9.27. The second kappa shape index (κ2) is 6.49. The van der Waals surface area contributed by atoms with Gasteiger partial charge in [0.05, 0.1) is 12.1 Å². The molecule has 0 aliphatic heterocycles. The lowest BCUT2D eigenvalue weighted by Gasteiger charge is -2.07. The molecule has 5 heteroatoms. The molecule has 1 amide bonds. The number of rotatable bonds is 5. The zero-order chi connectivity index (χ0) is 13.5. The zero-order valence-electron chi connectivity index (χ0n) is 10.2. The Labute approximate surface area is 110 Å². The van der Waals surface area contributed by atoms with Crippen LogP contribution in [0.15, 0.2) is 48.7 Å². The molecule has 0 bridgehead atoms. The minimum absolute atomic E-state index is 0.0674. The molecular formula is C14H13FN2O2. The molecule has 1 aromatic carbocycles. The van der Waals surface area contributed by atoms with Gasteiger partial charge in [-0.1, -0.05) is 18.2 Å². The topological polar surface area (TPSA) is 51.2 Å². The van der Waals surface area contributed by atoms with Crippen molar-refractivity contribution in [1.82, 2.24) is 10.3 Å². The van der Waals surface area contributed by atoms with Gasteiger partial charge >= 0.3 is 0 Å². The summed E-state index contributed by atoms with van der Waals surface area (Å²) in [5, 5.41) is 2.57. The second-order valence-corrected chi connectivity index (χ2v) is 3.76. The van der Waals surface area contributed by atoms with E-state index in [1.165, 1.54) is 18.3 Å². The van der Waals surface area contributed by atoms with E-state index in [9.17, 15) is 9.18 Å². The lowest BCUT2D eigenvalue weighted by molar-refractivity contribution is 0.0942. The summed E-state index contributed by atoms with van der Waals surface area (Å²) in [4.78, 5) is 15.0. The number of hydrogen-bond acceptors (Lipinski definition) is 3. The van der Waals surface area contributed by atoms with Crippen LogP contribution in [0, 0.1) is 5.95 Å². The van der Waals surface area contributed by atoms with Gasteiger partial charge in [0.15, 0.2) is 0 Å². The Kier molecular flexibility index (Phi) is 4.44. The van der Waals surface area contributed by atoms with Crippen LogP contribution in [0.2, 0.25) is 0 Å². The molecule has 2 aromatic rings. The lowest BCUT2D eigenvalue weighted by atomic mass is 10.2. The van der Waals surface area contributed by atoms with Crippen LogP contribution >= 0.6 is 0 Å². The van der Waals surface area contributed by atoms with Crippen molar-refractivity contribution in [3.05, 3.63) is 60.2 Å². The van der Waals surface area contributed by atoms with E-state index in [2.05, 4.69) is 10.3 Å². The molecular weight excluding hydrogens is 247 g/mol. The number of ether oxygens (including phenoxy) is 1. The number of carbonyl (C=O) groups excluding carboxylic acids is 1. The molecule has 19 heavy (non-hydrogen) atoms. The summed E-state index contributed by atoms with van der Waals surface area (Å²) in [6.45, 7) is 0.611. The third-order valence-electron chi connectivity index (χ3n) is 2.40. The van der Waals surface area contributed by atoms with Crippen LogP contribution in [0.5, 0.6) is 5.75 Å². The predicted molar refractivity (Wildman–Crippen MR) is 68.5 cm³/mol. The number of pyridine rings is 1. The minimum Gasteiger partial charge on any atom is -0.492 e. The van der Waals surface area contributed by atoms with Crippen molar-refractivity contribution in [2.45, 2.75) is 0 Å². The molecule has 0 aliphatic rings. The summed E-state index contributed by atoms with van der Waals surface area (Å²) < 4.78 is 18.6. The van der Waals surface area contributed by atoms with E-state index < -0.39 is 11.9 Å². The summed E-state index contributed by atoms with van der Waals surface area (Å²) in [5.74, 6) is -0.546. The summed E-state index contributed by atoms with van der Waals surface area (Å²) in [5.41, 5.74) is -0.0674. The van der Waals surface area contributed by atoms with Gasteiger partial charge in [-0.25, -0.2) is 4.98 Å². The largest absolute Gasteiger partial charge is 0.492 e. The van der Waals surface area contributed by atoms with Crippen molar-refractivity contribution >= 4 is 5.91 Å². The molecule has 98 valence electrons. The van der Waals surface area contributed by atoms with Gasteiger partial charge < -0.3 is 10.1 Å². The number of benzene rings is 1. The molecule has 1 heterocycles. The highest BCUT2D eigenvalue weighted by atomic mass is 19.1. The lowest BCUT2D eigenvalue weighted by Crippen LogP contribution is -2.29. The van der Waals surface area contributed by atoms with Crippen molar-refractivity contribution in [2.24, 2.45) is 0 Å². The van der Waals surface area contributed by atoms with Gasteiger partial charge in [-0.15, -0.1) is 0 Å². The molecule has 4 nitrogen and oxygen atoms in total. The van der Waals surface area contributed by atoms with Crippen molar-refractivity contribution in [3.8, 4) is 5.75 Å². The van der Waals surface area contributed by atoms with Crippen LogP contribution in [0.25, 0.3) is 0 Å². The monoisotopic (exact) mass is 260 g/mol. The van der Waals surface area contributed by atoms with E-state index in [0.29, 0.717) is 13.2 Å². The Morgan fingerprint density at radius 3 is 2.74 bits per heavy atom. The van der Waals surface area contributed by atoms with Crippen molar-refractivity contribution in [2.75, 3.05) is 13.2 Å². The fourth-order valence-electron chi connectivity index (χ4n) is 1.50. The maximum atomic E-state index is 13.2. The molecule has 1 aromatic heterocycles. The van der Waals surface area contributed by atoms with E-state index in [1.54, 1.807) is 0 Å². The van der Waals surface area contributed by atoms with Gasteiger partial charge in [0, 0.05) is 6.20 Å². The van der Waals surface area contributed by atoms with Gasteiger partial charge in [-0.3, -0.25) is 4.79 Å². The number of halogens is 1. The highest BCUT2D eigenvalue weighted by molar-refractivity contribution is 5.94. The van der Waals surface area contributed by atoms with Crippen LogP contribution in [-0.4, -0.2) is 24.0 Å². The van der Waals surface area contributed by atoms with Gasteiger partial charge in [-0.05, 0) is 24.3 Å². The molecule has 0 aliphatic carbocycles. The Morgan fingerprint density at radius 1 is 1.21 bits per heavy atom. The van der Waals surface area contributed by atoms with Crippen molar-refractivity contribution in [3.63, 3.8) is 0 Å². The van der Waals surface area contributed by atoms with Gasteiger partial charge in [0.25, 0.3) is 5.91 Å². The third-order valence-corrected chi connectivity index (χ3v) is 2.40. The molecule has 0 saturated carbocycles. The summed E-state index contributed by atoms with van der Waals surface area (Å²) in [6, 6.07) is 12.1. The number of aromatic nitrogens is 1. The maximum Gasteiger partial charge on any atom is 0.256 e. The molecule has 0 saturated heterocycles. The predicted octanol–water partition coefficient (Wildman–Crippen LogP) is 2.03. The average molecular weight is 260 g/mol. The number of carbonyl (C=O) groups is 1. The van der Waals surface area contributed by atoms with Gasteiger partial charge in [0.1, 0.15) is 12.4 Å². The first kappa shape index (κ1) is 13.0. The van der Waals surface area contributed by atoms with E-state index in [1.807, 2.05) is 30.3 Å². The first-order valence-electron chi connectivity index (χ1n) is 5.84. The van der Waals surface area contributed by atoms with Crippen LogP contribution in [0.4, 0.5) is 4.39 Å². The minimum atomic E-state index is -0.774.